The van der Waals surface area contributed by atoms with E-state index in [1.54, 1.807) is 0 Å². The smallest absolute Gasteiger partial charge is 0.240 e. The van der Waals surface area contributed by atoms with Crippen LogP contribution in [-0.4, -0.2) is 20.1 Å². The molecule has 0 radical (unpaired) electrons. The Labute approximate surface area is 113 Å². The van der Waals surface area contributed by atoms with Gasteiger partial charge in [0.15, 0.2) is 0 Å². The maximum absolute atomic E-state index is 13.2. The molecule has 0 fully saturated rings. The summed E-state index contributed by atoms with van der Waals surface area (Å²) in [5.41, 5.74) is -0.0280. The van der Waals surface area contributed by atoms with Gasteiger partial charge in [0, 0.05) is 12.1 Å². The molecule has 0 heterocycles. The summed E-state index contributed by atoms with van der Waals surface area (Å²) in [6, 6.07) is 3.39. The van der Waals surface area contributed by atoms with Crippen LogP contribution >= 0.6 is 0 Å². The van der Waals surface area contributed by atoms with Crippen LogP contribution in [-0.2, 0) is 16.6 Å². The van der Waals surface area contributed by atoms with Gasteiger partial charge in [-0.25, -0.2) is 17.5 Å². The first-order chi connectivity index (χ1) is 8.77. The Bertz CT molecular complexity index is 529. The average Bonchev–Trinajstić information content (AvgIpc) is 2.36. The van der Waals surface area contributed by atoms with Crippen molar-refractivity contribution in [1.82, 2.24) is 4.72 Å². The Morgan fingerprint density at radius 3 is 2.47 bits per heavy atom. The summed E-state index contributed by atoms with van der Waals surface area (Å²) in [5, 5.41) is 8.94. The molecule has 1 unspecified atom stereocenters. The Kier molecular flexibility index (Phi) is 5.46. The molecule has 0 saturated carbocycles. The van der Waals surface area contributed by atoms with Crippen LogP contribution in [0.15, 0.2) is 23.1 Å². The molecule has 1 aromatic rings. The van der Waals surface area contributed by atoms with Gasteiger partial charge in [0.1, 0.15) is 5.82 Å². The fourth-order valence-corrected chi connectivity index (χ4v) is 2.59. The number of halogens is 1. The van der Waals surface area contributed by atoms with Gasteiger partial charge in [-0.1, -0.05) is 20.8 Å². The monoisotopic (exact) mass is 289 g/mol. The Hall–Kier alpha value is -0.980. The second kappa shape index (κ2) is 6.45. The lowest BCUT2D eigenvalue weighted by molar-refractivity contribution is 0.275. The molecule has 4 nitrogen and oxygen atoms in total. The summed E-state index contributed by atoms with van der Waals surface area (Å²) in [6.45, 7) is 5.78. The van der Waals surface area contributed by atoms with Gasteiger partial charge in [-0.3, -0.25) is 0 Å². The van der Waals surface area contributed by atoms with Crippen molar-refractivity contribution in [2.75, 3.05) is 6.54 Å². The number of benzene rings is 1. The van der Waals surface area contributed by atoms with E-state index in [4.69, 9.17) is 5.11 Å². The van der Waals surface area contributed by atoms with Crippen molar-refractivity contribution >= 4 is 10.0 Å². The van der Waals surface area contributed by atoms with Gasteiger partial charge in [0.05, 0.1) is 11.5 Å². The summed E-state index contributed by atoms with van der Waals surface area (Å²) in [5.74, 6) is -0.0477. The molecular weight excluding hydrogens is 269 g/mol. The molecule has 6 heteroatoms. The maximum atomic E-state index is 13.2. The molecule has 0 aliphatic rings. The van der Waals surface area contributed by atoms with Crippen molar-refractivity contribution in [2.24, 2.45) is 11.8 Å². The van der Waals surface area contributed by atoms with Gasteiger partial charge < -0.3 is 5.11 Å². The quantitative estimate of drug-likeness (QED) is 0.840. The number of aliphatic hydroxyl groups excluding tert-OH is 1. The fraction of sp³-hybridized carbons (Fsp3) is 0.538. The lowest BCUT2D eigenvalue weighted by Gasteiger charge is -2.16. The van der Waals surface area contributed by atoms with Crippen molar-refractivity contribution in [3.05, 3.63) is 29.6 Å². The van der Waals surface area contributed by atoms with Crippen LogP contribution in [0, 0.1) is 17.7 Å². The molecule has 1 atom stereocenters. The van der Waals surface area contributed by atoms with Crippen molar-refractivity contribution in [3.8, 4) is 0 Å². The minimum absolute atomic E-state index is 0.0280. The van der Waals surface area contributed by atoms with Crippen LogP contribution in [0.4, 0.5) is 4.39 Å². The summed E-state index contributed by atoms with van der Waals surface area (Å²) in [6.07, 6.45) is 0. The molecule has 108 valence electrons. The van der Waals surface area contributed by atoms with Crippen LogP contribution in [0.1, 0.15) is 26.3 Å². The van der Waals surface area contributed by atoms with Crippen LogP contribution in [0.3, 0.4) is 0 Å². The largest absolute Gasteiger partial charge is 0.392 e. The maximum Gasteiger partial charge on any atom is 0.240 e. The first kappa shape index (κ1) is 16.1. The third-order valence-corrected chi connectivity index (χ3v) is 4.65. The van der Waals surface area contributed by atoms with E-state index in [0.29, 0.717) is 12.5 Å². The zero-order chi connectivity index (χ0) is 14.6. The van der Waals surface area contributed by atoms with Crippen molar-refractivity contribution < 1.29 is 17.9 Å². The molecule has 0 bridgehead atoms. The number of aliphatic hydroxyl groups is 1. The molecule has 0 amide bonds. The molecular formula is C13H20FNO3S. The van der Waals surface area contributed by atoms with E-state index in [9.17, 15) is 12.8 Å². The second-order valence-corrected chi connectivity index (χ2v) is 6.75. The van der Waals surface area contributed by atoms with Crippen LogP contribution in [0.5, 0.6) is 0 Å². The third-order valence-electron chi connectivity index (χ3n) is 3.23. The van der Waals surface area contributed by atoms with Crippen molar-refractivity contribution in [2.45, 2.75) is 32.3 Å². The van der Waals surface area contributed by atoms with Crippen LogP contribution in [0.2, 0.25) is 0 Å². The molecule has 2 N–H and O–H groups in total. The third kappa shape index (κ3) is 4.26. The zero-order valence-corrected chi connectivity index (χ0v) is 12.2. The lowest BCUT2D eigenvalue weighted by atomic mass is 9.99. The number of hydrogen-bond donors (Lipinski definition) is 2. The molecule has 0 aliphatic heterocycles. The molecule has 19 heavy (non-hydrogen) atoms. The summed E-state index contributed by atoms with van der Waals surface area (Å²) in [7, 11) is -3.67. The van der Waals surface area contributed by atoms with Crippen molar-refractivity contribution in [3.63, 3.8) is 0 Å². The minimum Gasteiger partial charge on any atom is -0.392 e. The van der Waals surface area contributed by atoms with Gasteiger partial charge in [0.2, 0.25) is 10.0 Å². The molecule has 0 aliphatic carbocycles. The van der Waals surface area contributed by atoms with Crippen LogP contribution in [0.25, 0.3) is 0 Å². The van der Waals surface area contributed by atoms with E-state index < -0.39 is 22.4 Å². The average molecular weight is 289 g/mol. The predicted molar refractivity (Wildman–Crippen MR) is 71.5 cm³/mol. The number of hydrogen-bond acceptors (Lipinski definition) is 3. The molecule has 0 spiro atoms. The van der Waals surface area contributed by atoms with Gasteiger partial charge >= 0.3 is 0 Å². The lowest BCUT2D eigenvalue weighted by Crippen LogP contribution is -2.30. The van der Waals surface area contributed by atoms with E-state index in [2.05, 4.69) is 4.72 Å². The minimum atomic E-state index is -3.67. The normalized spacial score (nSPS) is 13.8. The second-order valence-electron chi connectivity index (χ2n) is 4.98. The van der Waals surface area contributed by atoms with E-state index in [-0.39, 0.29) is 16.4 Å². The van der Waals surface area contributed by atoms with Crippen LogP contribution < -0.4 is 4.72 Å². The molecule has 0 saturated heterocycles. The first-order valence-corrected chi connectivity index (χ1v) is 7.65. The molecule has 1 aromatic carbocycles. The fourth-order valence-electron chi connectivity index (χ4n) is 1.40. The molecule has 0 aromatic heterocycles. The Balaban J connectivity index is 2.89. The molecule has 1 rings (SSSR count). The highest BCUT2D eigenvalue weighted by molar-refractivity contribution is 7.89. The van der Waals surface area contributed by atoms with Crippen molar-refractivity contribution in [1.29, 1.82) is 0 Å². The van der Waals surface area contributed by atoms with Gasteiger partial charge in [-0.15, -0.1) is 0 Å². The van der Waals surface area contributed by atoms with E-state index in [0.717, 1.165) is 12.1 Å². The highest BCUT2D eigenvalue weighted by Gasteiger charge is 2.17. The van der Waals surface area contributed by atoms with Gasteiger partial charge in [-0.05, 0) is 30.0 Å². The standard InChI is InChI=1S/C13H20FNO3S/c1-9(2)10(3)7-15-19(17,18)12-4-5-13(14)11(6-12)8-16/h4-6,9-10,15-16H,7-8H2,1-3H3. The Morgan fingerprint density at radius 2 is 1.95 bits per heavy atom. The highest BCUT2D eigenvalue weighted by Crippen LogP contribution is 2.16. The zero-order valence-electron chi connectivity index (χ0n) is 11.4. The predicted octanol–water partition coefficient (Wildman–Crippen LogP) is 1.89. The number of rotatable bonds is 6. The first-order valence-electron chi connectivity index (χ1n) is 6.17. The number of sulfonamides is 1. The topological polar surface area (TPSA) is 66.4 Å². The summed E-state index contributed by atoms with van der Waals surface area (Å²) in [4.78, 5) is -0.0334. The highest BCUT2D eigenvalue weighted by atomic mass is 32.2. The summed E-state index contributed by atoms with van der Waals surface area (Å²) >= 11 is 0. The number of nitrogens with one attached hydrogen (secondary N) is 1. The van der Waals surface area contributed by atoms with Gasteiger partial charge in [-0.2, -0.15) is 0 Å². The van der Waals surface area contributed by atoms with E-state index in [1.807, 2.05) is 20.8 Å². The Morgan fingerprint density at radius 1 is 1.32 bits per heavy atom. The SMILES string of the molecule is CC(C)C(C)CNS(=O)(=O)c1ccc(F)c(CO)c1. The van der Waals surface area contributed by atoms with E-state index >= 15 is 0 Å². The summed E-state index contributed by atoms with van der Waals surface area (Å²) < 4.78 is 39.7. The van der Waals surface area contributed by atoms with Gasteiger partial charge in [0.25, 0.3) is 0 Å². The van der Waals surface area contributed by atoms with E-state index in [1.165, 1.54) is 6.07 Å².